The number of esters is 3. The van der Waals surface area contributed by atoms with Crippen LogP contribution in [0.3, 0.4) is 0 Å². The fourth-order valence-electron chi connectivity index (χ4n) is 18.6. The summed E-state index contributed by atoms with van der Waals surface area (Å²) in [6, 6.07) is 106. The van der Waals surface area contributed by atoms with Crippen LogP contribution in [0.15, 0.2) is 439 Å². The molecule has 2 aliphatic heterocycles. The van der Waals surface area contributed by atoms with Crippen molar-refractivity contribution < 1.29 is 83.5 Å². The fraction of sp³-hybridized carbons (Fsp3) is 0.0640. The second-order valence-electron chi connectivity index (χ2n) is 34.6. The van der Waals surface area contributed by atoms with Gasteiger partial charge in [-0.15, -0.1) is 0 Å². The van der Waals surface area contributed by atoms with E-state index >= 15 is 0 Å². The summed E-state index contributed by atoms with van der Waals surface area (Å²) < 4.78 is 81.4. The Morgan fingerprint density at radius 1 is 0.242 bits per heavy atom. The minimum absolute atomic E-state index is 0.0465. The Morgan fingerprint density at radius 2 is 0.530 bits per heavy atom. The molecule has 0 aliphatic carbocycles. The molecule has 24 heteroatoms. The molecule has 149 heavy (non-hydrogen) atoms. The SMILES string of the molecule is CC(=O)Oc1cccc(-c2coc3ccc4ccccc4c3c2=O)c1.COC(=O)c1ccc(-c2coc3ccc4ccccc4c3c2=O)cc1.COC(=O)c1cccc(-c2coc3ccc4ccccc4c3c2=O)c1.COc1ccc(-c2coc3ccc4ccccc4c3c2=O)cc1OC.O=c1c(-c2ccc3c(c2)OCCO3)coc2ccc3ccccc3c12.O=c1c(-c2ccc3c(c2)OCO3)coc2ccc3ccccc3c12. The van der Waals surface area contributed by atoms with Crippen molar-refractivity contribution in [3.8, 4) is 107 Å². The third-order valence-electron chi connectivity index (χ3n) is 25.8. The van der Waals surface area contributed by atoms with Gasteiger partial charge in [0, 0.05) is 6.92 Å². The number of carbonyl (C=O) groups is 3. The topological polar surface area (TPSA) is 316 Å². The van der Waals surface area contributed by atoms with E-state index < -0.39 is 17.9 Å². The zero-order valence-electron chi connectivity index (χ0n) is 80.3. The largest absolute Gasteiger partial charge is 0.493 e. The van der Waals surface area contributed by atoms with E-state index in [-0.39, 0.29) is 39.4 Å². The highest BCUT2D eigenvalue weighted by molar-refractivity contribution is 6.12. The van der Waals surface area contributed by atoms with Crippen LogP contribution in [0.5, 0.6) is 40.2 Å². The summed E-state index contributed by atoms with van der Waals surface area (Å²) >= 11 is 0. The number of carbonyl (C=O) groups excluding carboxylic acids is 3. The van der Waals surface area contributed by atoms with Crippen molar-refractivity contribution in [3.63, 3.8) is 0 Å². The first-order valence-electron chi connectivity index (χ1n) is 47.1. The van der Waals surface area contributed by atoms with Gasteiger partial charge in [-0.1, -0.05) is 237 Å². The lowest BCUT2D eigenvalue weighted by Gasteiger charge is -2.18. The van der Waals surface area contributed by atoms with Crippen molar-refractivity contribution in [1.29, 1.82) is 0 Å². The quantitative estimate of drug-likeness (QED) is 0.0659. The third kappa shape index (κ3) is 18.9. The molecule has 0 radical (unpaired) electrons. The number of benzene rings is 18. The first-order valence-corrected chi connectivity index (χ1v) is 47.1. The lowest BCUT2D eigenvalue weighted by molar-refractivity contribution is -0.131. The van der Waals surface area contributed by atoms with Crippen LogP contribution >= 0.6 is 0 Å². The highest BCUT2D eigenvalue weighted by Crippen LogP contribution is 2.41. The number of rotatable bonds is 11. The zero-order valence-corrected chi connectivity index (χ0v) is 80.3. The van der Waals surface area contributed by atoms with Crippen LogP contribution < -0.4 is 65.7 Å². The Labute approximate surface area is 845 Å². The molecule has 0 fully saturated rings. The molecule has 2 aliphatic rings. The number of hydrogen-bond acceptors (Lipinski definition) is 24. The highest BCUT2D eigenvalue weighted by Gasteiger charge is 2.25. The minimum Gasteiger partial charge on any atom is -0.493 e. The van der Waals surface area contributed by atoms with Gasteiger partial charge in [-0.2, -0.15) is 0 Å². The molecule has 8 heterocycles. The molecule has 0 spiro atoms. The first kappa shape index (κ1) is 95.2. The standard InChI is InChI=1S/C21H14O4.C21H16O4.3C21H14O4.C20H12O4/c22-21-16(14-6-7-17-19(11-14)24-10-9-23-17)12-25-18-8-5-13-3-1-2-4-15(13)20(18)21;1-23-17-9-8-14(11-19(17)24-2)16-12-25-18-10-7-13-5-3-4-6-15(13)20(18)21(16)22;1-24-21(23)15-7-4-6-14(11-15)17-12-25-18-10-9-13-5-2-3-8-16(13)19(18)20(17)22;1-13(22)25-16-7-4-6-15(11-16)18-12-24-19-10-9-14-5-2-3-8-17(14)20(19)21(18)23;1-24-21(23)15-8-6-14(7-9-15)17-12-25-18-11-10-13-4-2-3-5-16(13)19(18)20(17)22;21-20-15(13-6-7-16-18(9-13)24-11-23-16)10-22-17-8-5-12-3-1-2-4-14(12)19(17)20/h1-8,11-12H,9-10H2;3-12H,1-2H3;3*2-12H,1H3;1-10H,11H2. The van der Waals surface area contributed by atoms with Gasteiger partial charge in [0.15, 0.2) is 34.5 Å². The molecule has 0 unspecified atom stereocenters. The van der Waals surface area contributed by atoms with Crippen molar-refractivity contribution in [3.05, 3.63) is 456 Å². The van der Waals surface area contributed by atoms with Crippen molar-refractivity contribution in [1.82, 2.24) is 0 Å². The average molecular weight is 1970 g/mol. The molecule has 26 rings (SSSR count). The molecule has 728 valence electrons. The van der Waals surface area contributed by atoms with Gasteiger partial charge in [-0.3, -0.25) is 33.6 Å². The van der Waals surface area contributed by atoms with Crippen molar-refractivity contribution >= 4 is 148 Å². The number of hydrogen-bond donors (Lipinski definition) is 0. The van der Waals surface area contributed by atoms with Crippen LogP contribution in [0.1, 0.15) is 27.6 Å². The summed E-state index contributed by atoms with van der Waals surface area (Å²) in [6.45, 7) is 2.59. The third-order valence-corrected chi connectivity index (χ3v) is 25.8. The van der Waals surface area contributed by atoms with Gasteiger partial charge >= 0.3 is 17.9 Å². The van der Waals surface area contributed by atoms with E-state index in [1.54, 1.807) is 111 Å². The van der Waals surface area contributed by atoms with Crippen LogP contribution in [0.25, 0.3) is 197 Å². The first-order chi connectivity index (χ1) is 72.8. The van der Waals surface area contributed by atoms with Gasteiger partial charge in [0.05, 0.1) is 105 Å². The molecule has 0 bridgehead atoms. The molecule has 24 nitrogen and oxygen atoms in total. The maximum absolute atomic E-state index is 13.2. The van der Waals surface area contributed by atoms with Crippen LogP contribution in [0.2, 0.25) is 0 Å². The normalized spacial score (nSPS) is 11.6. The molecular formula is C125H84O24. The van der Waals surface area contributed by atoms with Gasteiger partial charge in [0.1, 0.15) is 90.0 Å². The van der Waals surface area contributed by atoms with Gasteiger partial charge in [0.2, 0.25) is 39.4 Å². The molecule has 24 aromatic rings. The number of fused-ring (bicyclic) bond motifs is 20. The van der Waals surface area contributed by atoms with E-state index in [0.717, 1.165) is 81.3 Å². The van der Waals surface area contributed by atoms with E-state index in [9.17, 15) is 43.2 Å². The fourth-order valence-corrected chi connectivity index (χ4v) is 18.6. The Balaban J connectivity index is 0.000000105. The Morgan fingerprint density at radius 3 is 0.886 bits per heavy atom. The van der Waals surface area contributed by atoms with Crippen LogP contribution in [-0.4, -0.2) is 66.4 Å². The summed E-state index contributed by atoms with van der Waals surface area (Å²) in [5.74, 6) is 2.99. The molecule has 0 atom stereocenters. The second kappa shape index (κ2) is 41.5. The summed E-state index contributed by atoms with van der Waals surface area (Å²) in [5, 5.41) is 14.7. The minimum atomic E-state index is -0.447. The molecule has 0 saturated carbocycles. The molecule has 0 amide bonds. The van der Waals surface area contributed by atoms with Crippen LogP contribution in [0.4, 0.5) is 0 Å². The second-order valence-corrected chi connectivity index (χ2v) is 34.6. The van der Waals surface area contributed by atoms with Crippen molar-refractivity contribution in [2.45, 2.75) is 6.92 Å². The molecular weight excluding hydrogens is 1890 g/mol. The lowest BCUT2D eigenvalue weighted by atomic mass is 10.0. The van der Waals surface area contributed by atoms with E-state index in [2.05, 4.69) is 0 Å². The van der Waals surface area contributed by atoms with Crippen LogP contribution in [0, 0.1) is 0 Å². The summed E-state index contributed by atoms with van der Waals surface area (Å²) in [7, 11) is 5.80. The Kier molecular flexibility index (Phi) is 26.5. The van der Waals surface area contributed by atoms with E-state index in [1.807, 2.05) is 249 Å². The molecule has 6 aromatic heterocycles. The van der Waals surface area contributed by atoms with Crippen molar-refractivity contribution in [2.75, 3.05) is 48.4 Å². The maximum Gasteiger partial charge on any atom is 0.337 e. The highest BCUT2D eigenvalue weighted by atomic mass is 16.7. The predicted molar refractivity (Wildman–Crippen MR) is 577 cm³/mol. The maximum atomic E-state index is 13.2. The average Bonchev–Trinajstić information content (AvgIpc) is 1.63. The van der Waals surface area contributed by atoms with Gasteiger partial charge in [-0.25, -0.2) is 9.59 Å². The van der Waals surface area contributed by atoms with Gasteiger partial charge in [0.25, 0.3) is 0 Å². The monoisotopic (exact) mass is 1970 g/mol. The molecule has 0 N–H and O–H groups in total. The summed E-state index contributed by atoms with van der Waals surface area (Å²) in [5.41, 5.74) is 10.7. The summed E-state index contributed by atoms with van der Waals surface area (Å²) in [4.78, 5) is 113. The number of methoxy groups -OCH3 is 4. The predicted octanol–water partition coefficient (Wildman–Crippen LogP) is 26.7. The van der Waals surface area contributed by atoms with E-state index in [1.165, 1.54) is 58.7 Å². The number of ether oxygens (including phenoxy) is 9. The zero-order chi connectivity index (χ0) is 102. The van der Waals surface area contributed by atoms with E-state index in [4.69, 9.17) is 69.1 Å². The van der Waals surface area contributed by atoms with Gasteiger partial charge in [-0.05, 0) is 207 Å². The molecule has 18 aromatic carbocycles. The smallest absolute Gasteiger partial charge is 0.337 e. The Bertz CT molecular complexity index is 9710. The molecule has 0 saturated heterocycles. The van der Waals surface area contributed by atoms with Crippen LogP contribution in [-0.2, 0) is 14.3 Å². The lowest BCUT2D eigenvalue weighted by Crippen LogP contribution is -2.15. The summed E-state index contributed by atoms with van der Waals surface area (Å²) in [6.07, 6.45) is 8.89. The van der Waals surface area contributed by atoms with Gasteiger partial charge < -0.3 is 69.1 Å². The van der Waals surface area contributed by atoms with Crippen molar-refractivity contribution in [2.24, 2.45) is 0 Å². The van der Waals surface area contributed by atoms with E-state index in [0.29, 0.717) is 180 Å². The Hall–Kier alpha value is -20.0.